The number of benzene rings is 1. The standard InChI is InChI=1S/C17H19N3O2/c1-13-11-15(5-6-18-13)19-7-9-20(10-8-19)17(22)14-3-2-4-16(21)12-14/h2-6,11-12,21H,7-10H2,1H3. The molecule has 1 amide bonds. The van der Waals surface area contributed by atoms with Gasteiger partial charge in [0.05, 0.1) is 0 Å². The number of piperazine rings is 1. The highest BCUT2D eigenvalue weighted by Gasteiger charge is 2.22. The van der Waals surface area contributed by atoms with Gasteiger partial charge in [-0.05, 0) is 37.3 Å². The van der Waals surface area contributed by atoms with E-state index < -0.39 is 0 Å². The highest BCUT2D eigenvalue weighted by molar-refractivity contribution is 5.94. The number of pyridine rings is 1. The molecule has 0 atom stereocenters. The molecule has 2 aromatic rings. The summed E-state index contributed by atoms with van der Waals surface area (Å²) in [7, 11) is 0. The number of anilines is 1. The van der Waals surface area contributed by atoms with E-state index in [0.29, 0.717) is 18.7 Å². The maximum absolute atomic E-state index is 12.4. The normalized spacial score (nSPS) is 15.0. The van der Waals surface area contributed by atoms with Gasteiger partial charge in [0, 0.05) is 49.3 Å². The fourth-order valence-electron chi connectivity index (χ4n) is 2.72. The van der Waals surface area contributed by atoms with Crippen LogP contribution in [-0.2, 0) is 0 Å². The Morgan fingerprint density at radius 2 is 1.91 bits per heavy atom. The van der Waals surface area contributed by atoms with Gasteiger partial charge in [0.15, 0.2) is 0 Å². The van der Waals surface area contributed by atoms with Crippen molar-refractivity contribution >= 4 is 11.6 Å². The van der Waals surface area contributed by atoms with Crippen molar-refractivity contribution in [1.82, 2.24) is 9.88 Å². The van der Waals surface area contributed by atoms with Crippen molar-refractivity contribution in [1.29, 1.82) is 0 Å². The summed E-state index contributed by atoms with van der Waals surface area (Å²) in [4.78, 5) is 20.7. The highest BCUT2D eigenvalue weighted by atomic mass is 16.3. The SMILES string of the molecule is Cc1cc(N2CCN(C(=O)c3cccc(O)c3)CC2)ccn1. The summed E-state index contributed by atoms with van der Waals surface area (Å²) in [6.45, 7) is 4.93. The van der Waals surface area contributed by atoms with E-state index in [0.717, 1.165) is 24.5 Å². The Balaban J connectivity index is 1.65. The highest BCUT2D eigenvalue weighted by Crippen LogP contribution is 2.18. The summed E-state index contributed by atoms with van der Waals surface area (Å²) in [6.07, 6.45) is 1.81. The molecule has 0 spiro atoms. The van der Waals surface area contributed by atoms with Gasteiger partial charge in [-0.2, -0.15) is 0 Å². The Bertz CT molecular complexity index is 679. The summed E-state index contributed by atoms with van der Waals surface area (Å²) in [5, 5.41) is 9.49. The Morgan fingerprint density at radius 3 is 2.59 bits per heavy atom. The van der Waals surface area contributed by atoms with E-state index in [1.807, 2.05) is 24.1 Å². The van der Waals surface area contributed by atoms with Crippen LogP contribution in [0.15, 0.2) is 42.6 Å². The predicted molar refractivity (Wildman–Crippen MR) is 85.2 cm³/mol. The summed E-state index contributed by atoms with van der Waals surface area (Å²) < 4.78 is 0. The lowest BCUT2D eigenvalue weighted by atomic mass is 10.1. The number of aryl methyl sites for hydroxylation is 1. The fourth-order valence-corrected chi connectivity index (χ4v) is 2.72. The van der Waals surface area contributed by atoms with Crippen LogP contribution in [0.25, 0.3) is 0 Å². The first-order chi connectivity index (χ1) is 10.6. The lowest BCUT2D eigenvalue weighted by Crippen LogP contribution is -2.48. The topological polar surface area (TPSA) is 56.7 Å². The Labute approximate surface area is 129 Å². The van der Waals surface area contributed by atoms with Crippen molar-refractivity contribution in [2.75, 3.05) is 31.1 Å². The van der Waals surface area contributed by atoms with Crippen molar-refractivity contribution in [2.45, 2.75) is 6.92 Å². The summed E-state index contributed by atoms with van der Waals surface area (Å²) in [5.74, 6) is 0.0956. The monoisotopic (exact) mass is 297 g/mol. The van der Waals surface area contributed by atoms with Crippen LogP contribution >= 0.6 is 0 Å². The summed E-state index contributed by atoms with van der Waals surface area (Å²) in [6, 6.07) is 10.6. The van der Waals surface area contributed by atoms with Crippen LogP contribution in [0.4, 0.5) is 5.69 Å². The van der Waals surface area contributed by atoms with Crippen molar-refractivity contribution in [3.63, 3.8) is 0 Å². The van der Waals surface area contributed by atoms with Crippen molar-refractivity contribution in [2.24, 2.45) is 0 Å². The average molecular weight is 297 g/mol. The van der Waals surface area contributed by atoms with E-state index in [1.54, 1.807) is 18.2 Å². The van der Waals surface area contributed by atoms with Crippen LogP contribution in [0.3, 0.4) is 0 Å². The second kappa shape index (κ2) is 6.05. The molecule has 2 heterocycles. The zero-order valence-electron chi connectivity index (χ0n) is 12.6. The van der Waals surface area contributed by atoms with Crippen LogP contribution in [0.1, 0.15) is 16.1 Å². The number of phenols is 1. The molecule has 22 heavy (non-hydrogen) atoms. The van der Waals surface area contributed by atoms with Gasteiger partial charge in [-0.25, -0.2) is 0 Å². The van der Waals surface area contributed by atoms with E-state index >= 15 is 0 Å². The Morgan fingerprint density at radius 1 is 1.14 bits per heavy atom. The Kier molecular flexibility index (Phi) is 3.96. The number of nitrogens with zero attached hydrogens (tertiary/aromatic N) is 3. The van der Waals surface area contributed by atoms with Crippen LogP contribution in [-0.4, -0.2) is 47.1 Å². The maximum Gasteiger partial charge on any atom is 0.254 e. The van der Waals surface area contributed by atoms with Gasteiger partial charge in [0.1, 0.15) is 5.75 Å². The molecule has 114 valence electrons. The predicted octanol–water partition coefficient (Wildman–Crippen LogP) is 2.06. The van der Waals surface area contributed by atoms with Crippen LogP contribution < -0.4 is 4.90 Å². The molecule has 0 bridgehead atoms. The number of carbonyl (C=O) groups is 1. The van der Waals surface area contributed by atoms with Crippen molar-refractivity contribution < 1.29 is 9.90 Å². The van der Waals surface area contributed by atoms with Gasteiger partial charge in [0.2, 0.25) is 0 Å². The minimum atomic E-state index is -0.0264. The first-order valence-corrected chi connectivity index (χ1v) is 7.39. The molecule has 1 fully saturated rings. The largest absolute Gasteiger partial charge is 0.508 e. The van der Waals surface area contributed by atoms with Gasteiger partial charge in [-0.3, -0.25) is 9.78 Å². The van der Waals surface area contributed by atoms with Gasteiger partial charge >= 0.3 is 0 Å². The number of hydrogen-bond acceptors (Lipinski definition) is 4. The Hall–Kier alpha value is -2.56. The molecule has 1 saturated heterocycles. The van der Waals surface area contributed by atoms with E-state index in [1.165, 1.54) is 6.07 Å². The van der Waals surface area contributed by atoms with Gasteiger partial charge in [0.25, 0.3) is 5.91 Å². The molecule has 3 rings (SSSR count). The van der Waals surface area contributed by atoms with Gasteiger partial charge in [-0.1, -0.05) is 6.07 Å². The van der Waals surface area contributed by atoms with E-state index in [9.17, 15) is 9.90 Å². The molecule has 0 saturated carbocycles. The molecule has 5 nitrogen and oxygen atoms in total. The molecule has 1 aromatic carbocycles. The van der Waals surface area contributed by atoms with Crippen molar-refractivity contribution in [3.8, 4) is 5.75 Å². The third kappa shape index (κ3) is 3.03. The lowest BCUT2D eigenvalue weighted by molar-refractivity contribution is 0.0746. The number of carbonyl (C=O) groups excluding carboxylic acids is 1. The number of phenolic OH excluding ortho intramolecular Hbond substituents is 1. The quantitative estimate of drug-likeness (QED) is 0.922. The molecule has 1 N–H and O–H groups in total. The third-order valence-corrected chi connectivity index (χ3v) is 3.91. The molecular weight excluding hydrogens is 278 g/mol. The number of aromatic nitrogens is 1. The minimum Gasteiger partial charge on any atom is -0.508 e. The molecule has 1 aliphatic rings. The van der Waals surface area contributed by atoms with E-state index in [2.05, 4.69) is 16.0 Å². The smallest absolute Gasteiger partial charge is 0.254 e. The van der Waals surface area contributed by atoms with E-state index in [-0.39, 0.29) is 11.7 Å². The first-order valence-electron chi connectivity index (χ1n) is 7.39. The minimum absolute atomic E-state index is 0.0264. The summed E-state index contributed by atoms with van der Waals surface area (Å²) >= 11 is 0. The number of rotatable bonds is 2. The third-order valence-electron chi connectivity index (χ3n) is 3.91. The van der Waals surface area contributed by atoms with Crippen LogP contribution in [0.2, 0.25) is 0 Å². The van der Waals surface area contributed by atoms with Gasteiger partial charge < -0.3 is 14.9 Å². The molecule has 0 radical (unpaired) electrons. The maximum atomic E-state index is 12.4. The number of aromatic hydroxyl groups is 1. The molecule has 1 aliphatic heterocycles. The summed E-state index contributed by atoms with van der Waals surface area (Å²) in [5.41, 5.74) is 2.68. The van der Waals surface area contributed by atoms with Crippen LogP contribution in [0, 0.1) is 6.92 Å². The molecule has 0 unspecified atom stereocenters. The molecular formula is C17H19N3O2. The van der Waals surface area contributed by atoms with Gasteiger partial charge in [-0.15, -0.1) is 0 Å². The second-order valence-corrected chi connectivity index (χ2v) is 5.48. The lowest BCUT2D eigenvalue weighted by Gasteiger charge is -2.36. The molecule has 0 aliphatic carbocycles. The number of amides is 1. The zero-order chi connectivity index (χ0) is 15.5. The average Bonchev–Trinajstić information content (AvgIpc) is 2.54. The zero-order valence-corrected chi connectivity index (χ0v) is 12.6. The second-order valence-electron chi connectivity index (χ2n) is 5.48. The number of hydrogen-bond donors (Lipinski definition) is 1. The molecule has 5 heteroatoms. The molecule has 1 aromatic heterocycles. The van der Waals surface area contributed by atoms with Crippen LogP contribution in [0.5, 0.6) is 5.75 Å². The fraction of sp³-hybridized carbons (Fsp3) is 0.294. The van der Waals surface area contributed by atoms with Crippen molar-refractivity contribution in [3.05, 3.63) is 53.9 Å². The van der Waals surface area contributed by atoms with E-state index in [4.69, 9.17) is 0 Å². The first kappa shape index (κ1) is 14.4.